The Morgan fingerprint density at radius 2 is 1.70 bits per heavy atom. The summed E-state index contributed by atoms with van der Waals surface area (Å²) in [5.41, 5.74) is 3.19. The van der Waals surface area contributed by atoms with Crippen molar-refractivity contribution >= 4 is 11.6 Å². The van der Waals surface area contributed by atoms with Crippen molar-refractivity contribution in [3.8, 4) is 0 Å². The summed E-state index contributed by atoms with van der Waals surface area (Å²) in [5, 5.41) is 2.81. The van der Waals surface area contributed by atoms with E-state index in [0.29, 0.717) is 5.69 Å². The van der Waals surface area contributed by atoms with Crippen molar-refractivity contribution in [3.63, 3.8) is 0 Å². The standard InChI is InChI=1S/C16H19N3O/c1-11-9-18-14(10-17-11)15(20)19-13-7-5-12(6-8-13)16(2,3)4/h5-10H,1-4H3,(H,19,20). The first-order valence-corrected chi connectivity index (χ1v) is 6.57. The first kappa shape index (κ1) is 14.2. The molecule has 0 aliphatic heterocycles. The lowest BCUT2D eigenvalue weighted by Gasteiger charge is -2.19. The number of benzene rings is 1. The molecule has 0 radical (unpaired) electrons. The number of amides is 1. The van der Waals surface area contributed by atoms with Crippen molar-refractivity contribution < 1.29 is 4.79 Å². The van der Waals surface area contributed by atoms with Crippen LogP contribution < -0.4 is 5.32 Å². The van der Waals surface area contributed by atoms with E-state index in [-0.39, 0.29) is 11.3 Å². The molecule has 104 valence electrons. The maximum atomic E-state index is 12.0. The molecule has 0 saturated carbocycles. The van der Waals surface area contributed by atoms with E-state index in [1.807, 2.05) is 31.2 Å². The number of nitrogens with one attached hydrogen (secondary N) is 1. The van der Waals surface area contributed by atoms with Gasteiger partial charge in [0.1, 0.15) is 5.69 Å². The van der Waals surface area contributed by atoms with E-state index in [9.17, 15) is 4.79 Å². The Morgan fingerprint density at radius 3 is 2.20 bits per heavy atom. The van der Waals surface area contributed by atoms with Crippen molar-refractivity contribution in [3.05, 3.63) is 53.6 Å². The fourth-order valence-electron chi connectivity index (χ4n) is 1.76. The molecule has 2 rings (SSSR count). The molecule has 4 heteroatoms. The molecule has 0 spiro atoms. The Kier molecular flexibility index (Phi) is 3.84. The van der Waals surface area contributed by atoms with Crippen LogP contribution in [0.15, 0.2) is 36.7 Å². The van der Waals surface area contributed by atoms with Gasteiger partial charge < -0.3 is 5.32 Å². The Labute approximate surface area is 119 Å². The summed E-state index contributed by atoms with van der Waals surface area (Å²) in [4.78, 5) is 20.1. The maximum Gasteiger partial charge on any atom is 0.275 e. The molecule has 1 N–H and O–H groups in total. The number of anilines is 1. The molecule has 2 aromatic rings. The molecule has 0 fully saturated rings. The minimum absolute atomic E-state index is 0.102. The van der Waals surface area contributed by atoms with Crippen LogP contribution in [0.25, 0.3) is 0 Å². The summed E-state index contributed by atoms with van der Waals surface area (Å²) in [6.45, 7) is 8.30. The van der Waals surface area contributed by atoms with Gasteiger partial charge in [0.2, 0.25) is 0 Å². The van der Waals surface area contributed by atoms with E-state index in [2.05, 4.69) is 36.1 Å². The zero-order valence-corrected chi connectivity index (χ0v) is 12.3. The summed E-state index contributed by atoms with van der Waals surface area (Å²) < 4.78 is 0. The molecule has 0 bridgehead atoms. The van der Waals surface area contributed by atoms with E-state index >= 15 is 0 Å². The summed E-state index contributed by atoms with van der Waals surface area (Å²) in [5.74, 6) is -0.249. The molecule has 1 aromatic heterocycles. The average molecular weight is 269 g/mol. The highest BCUT2D eigenvalue weighted by Gasteiger charge is 2.13. The molecule has 0 unspecified atom stereocenters. The van der Waals surface area contributed by atoms with Gasteiger partial charge in [-0.25, -0.2) is 4.98 Å². The Bertz CT molecular complexity index is 595. The summed E-state index contributed by atoms with van der Waals surface area (Å²) in [6.07, 6.45) is 3.06. The van der Waals surface area contributed by atoms with Gasteiger partial charge in [-0.1, -0.05) is 32.9 Å². The molecule has 1 heterocycles. The van der Waals surface area contributed by atoms with Gasteiger partial charge in [-0.3, -0.25) is 9.78 Å². The number of nitrogens with zero attached hydrogens (tertiary/aromatic N) is 2. The smallest absolute Gasteiger partial charge is 0.275 e. The first-order chi connectivity index (χ1) is 9.36. The third-order valence-electron chi connectivity index (χ3n) is 3.02. The van der Waals surface area contributed by atoms with Crippen LogP contribution in [-0.4, -0.2) is 15.9 Å². The van der Waals surface area contributed by atoms with Gasteiger partial charge in [-0.05, 0) is 30.0 Å². The summed E-state index contributed by atoms with van der Waals surface area (Å²) in [6, 6.07) is 7.85. The average Bonchev–Trinajstić information content (AvgIpc) is 2.39. The van der Waals surface area contributed by atoms with Gasteiger partial charge in [0.15, 0.2) is 0 Å². The highest BCUT2D eigenvalue weighted by Crippen LogP contribution is 2.23. The number of carbonyl (C=O) groups excluding carboxylic acids is 1. The third-order valence-corrected chi connectivity index (χ3v) is 3.02. The predicted molar refractivity (Wildman–Crippen MR) is 79.9 cm³/mol. The fraction of sp³-hybridized carbons (Fsp3) is 0.312. The quantitative estimate of drug-likeness (QED) is 0.909. The molecule has 20 heavy (non-hydrogen) atoms. The van der Waals surface area contributed by atoms with Crippen LogP contribution >= 0.6 is 0 Å². The summed E-state index contributed by atoms with van der Waals surface area (Å²) >= 11 is 0. The molecule has 1 amide bonds. The third kappa shape index (κ3) is 3.41. The monoisotopic (exact) mass is 269 g/mol. The second kappa shape index (κ2) is 5.41. The van der Waals surface area contributed by atoms with E-state index < -0.39 is 0 Å². The van der Waals surface area contributed by atoms with E-state index in [4.69, 9.17) is 0 Å². The van der Waals surface area contributed by atoms with E-state index in [1.165, 1.54) is 11.8 Å². The predicted octanol–water partition coefficient (Wildman–Crippen LogP) is 3.33. The van der Waals surface area contributed by atoms with Gasteiger partial charge in [-0.2, -0.15) is 0 Å². The van der Waals surface area contributed by atoms with Crippen molar-refractivity contribution in [2.75, 3.05) is 5.32 Å². The Morgan fingerprint density at radius 1 is 1.05 bits per heavy atom. The van der Waals surface area contributed by atoms with Gasteiger partial charge in [0.05, 0.1) is 11.9 Å². The molecular formula is C16H19N3O. The number of hydrogen-bond donors (Lipinski definition) is 1. The van der Waals surface area contributed by atoms with Crippen LogP contribution in [0.2, 0.25) is 0 Å². The van der Waals surface area contributed by atoms with Gasteiger partial charge in [0.25, 0.3) is 5.91 Å². The summed E-state index contributed by atoms with van der Waals surface area (Å²) in [7, 11) is 0. The topological polar surface area (TPSA) is 54.9 Å². The van der Waals surface area contributed by atoms with Gasteiger partial charge >= 0.3 is 0 Å². The molecule has 0 aliphatic rings. The number of rotatable bonds is 2. The highest BCUT2D eigenvalue weighted by molar-refractivity contribution is 6.02. The zero-order chi connectivity index (χ0) is 14.8. The highest BCUT2D eigenvalue weighted by atomic mass is 16.1. The normalized spacial score (nSPS) is 11.2. The van der Waals surface area contributed by atoms with Crippen LogP contribution in [0.4, 0.5) is 5.69 Å². The second-order valence-electron chi connectivity index (χ2n) is 5.82. The Balaban J connectivity index is 2.10. The van der Waals surface area contributed by atoms with Crippen molar-refractivity contribution in [1.29, 1.82) is 0 Å². The van der Waals surface area contributed by atoms with Crippen LogP contribution in [0, 0.1) is 6.92 Å². The first-order valence-electron chi connectivity index (χ1n) is 6.57. The molecular weight excluding hydrogens is 250 g/mol. The molecule has 1 aromatic carbocycles. The number of carbonyl (C=O) groups is 1. The zero-order valence-electron chi connectivity index (χ0n) is 12.3. The van der Waals surface area contributed by atoms with Gasteiger partial charge in [0, 0.05) is 11.9 Å². The largest absolute Gasteiger partial charge is 0.321 e. The molecule has 4 nitrogen and oxygen atoms in total. The fourth-order valence-corrected chi connectivity index (χ4v) is 1.76. The van der Waals surface area contributed by atoms with Crippen LogP contribution in [-0.2, 0) is 5.41 Å². The lowest BCUT2D eigenvalue weighted by atomic mass is 9.87. The lowest BCUT2D eigenvalue weighted by molar-refractivity contribution is 0.102. The Hall–Kier alpha value is -2.23. The van der Waals surface area contributed by atoms with Crippen molar-refractivity contribution in [2.24, 2.45) is 0 Å². The number of aryl methyl sites for hydroxylation is 1. The minimum Gasteiger partial charge on any atom is -0.321 e. The number of hydrogen-bond acceptors (Lipinski definition) is 3. The second-order valence-corrected chi connectivity index (χ2v) is 5.82. The molecule has 0 atom stereocenters. The van der Waals surface area contributed by atoms with Crippen LogP contribution in [0.3, 0.4) is 0 Å². The van der Waals surface area contributed by atoms with Crippen molar-refractivity contribution in [2.45, 2.75) is 33.1 Å². The van der Waals surface area contributed by atoms with E-state index in [1.54, 1.807) is 6.20 Å². The van der Waals surface area contributed by atoms with Crippen LogP contribution in [0.5, 0.6) is 0 Å². The van der Waals surface area contributed by atoms with Crippen molar-refractivity contribution in [1.82, 2.24) is 9.97 Å². The maximum absolute atomic E-state index is 12.0. The minimum atomic E-state index is -0.249. The lowest BCUT2D eigenvalue weighted by Crippen LogP contribution is -2.15. The van der Waals surface area contributed by atoms with Crippen LogP contribution in [0.1, 0.15) is 42.5 Å². The number of aromatic nitrogens is 2. The van der Waals surface area contributed by atoms with Gasteiger partial charge in [-0.15, -0.1) is 0 Å². The SMILES string of the molecule is Cc1cnc(C(=O)Nc2ccc(C(C)(C)C)cc2)cn1. The van der Waals surface area contributed by atoms with E-state index in [0.717, 1.165) is 11.4 Å². The molecule has 0 saturated heterocycles. The molecule has 0 aliphatic carbocycles.